The van der Waals surface area contributed by atoms with Gasteiger partial charge in [0.1, 0.15) is 0 Å². The van der Waals surface area contributed by atoms with Gasteiger partial charge in [0.25, 0.3) is 0 Å². The second kappa shape index (κ2) is 3.06. The normalized spacial score (nSPS) is 45.7. The molecule has 1 N–H and O–H groups in total. The molecule has 0 bridgehead atoms. The number of fused-ring (bicyclic) bond motifs is 1. The lowest BCUT2D eigenvalue weighted by molar-refractivity contribution is 0.126. The zero-order valence-corrected chi connectivity index (χ0v) is 7.24. The summed E-state index contributed by atoms with van der Waals surface area (Å²) in [7, 11) is 0. The van der Waals surface area contributed by atoms with E-state index in [-0.39, 0.29) is 6.10 Å². The van der Waals surface area contributed by atoms with Gasteiger partial charge in [-0.2, -0.15) is 5.26 Å². The van der Waals surface area contributed by atoms with E-state index in [0.717, 1.165) is 6.42 Å². The van der Waals surface area contributed by atoms with Gasteiger partial charge in [0.2, 0.25) is 0 Å². The van der Waals surface area contributed by atoms with Gasteiger partial charge >= 0.3 is 0 Å². The first kappa shape index (κ1) is 8.07. The molecule has 2 fully saturated rings. The van der Waals surface area contributed by atoms with Crippen LogP contribution in [0.3, 0.4) is 0 Å². The number of nitriles is 1. The second-order valence-electron chi connectivity index (χ2n) is 4.18. The minimum Gasteiger partial charge on any atom is -0.393 e. The minimum atomic E-state index is -0.101. The van der Waals surface area contributed by atoms with E-state index in [2.05, 4.69) is 6.07 Å². The van der Waals surface area contributed by atoms with Crippen LogP contribution < -0.4 is 0 Å². The Morgan fingerprint density at radius 2 is 2.08 bits per heavy atom. The first-order valence-electron chi connectivity index (χ1n) is 4.88. The summed E-state index contributed by atoms with van der Waals surface area (Å²) in [5.41, 5.74) is 0. The summed E-state index contributed by atoms with van der Waals surface area (Å²) in [4.78, 5) is 0. The fourth-order valence-electron chi connectivity index (χ4n) is 3.09. The molecular weight excluding hydrogens is 150 g/mol. The van der Waals surface area contributed by atoms with Gasteiger partial charge in [0, 0.05) is 6.42 Å². The molecule has 2 aliphatic carbocycles. The van der Waals surface area contributed by atoms with Crippen molar-refractivity contribution in [3.63, 3.8) is 0 Å². The molecule has 0 radical (unpaired) electrons. The summed E-state index contributed by atoms with van der Waals surface area (Å²) < 4.78 is 0. The Labute approximate surface area is 73.2 Å². The van der Waals surface area contributed by atoms with Crippen LogP contribution in [0, 0.1) is 29.1 Å². The molecule has 0 aromatic carbocycles. The SMILES string of the molecule is N#CC[C@H]1C[C@@H](O)[C@@H]2CCC[C@H]12. The van der Waals surface area contributed by atoms with Crippen molar-refractivity contribution in [3.05, 3.63) is 0 Å². The predicted molar refractivity (Wildman–Crippen MR) is 45.2 cm³/mol. The van der Waals surface area contributed by atoms with Crippen molar-refractivity contribution in [1.82, 2.24) is 0 Å². The Hall–Kier alpha value is -0.550. The molecule has 2 saturated carbocycles. The third-order valence-electron chi connectivity index (χ3n) is 3.62. The molecular formula is C10H15NO. The van der Waals surface area contributed by atoms with Gasteiger partial charge in [-0.15, -0.1) is 0 Å². The van der Waals surface area contributed by atoms with Gasteiger partial charge in [-0.25, -0.2) is 0 Å². The number of nitrogens with zero attached hydrogens (tertiary/aromatic N) is 1. The maximum atomic E-state index is 9.69. The van der Waals surface area contributed by atoms with Gasteiger partial charge < -0.3 is 5.11 Å². The van der Waals surface area contributed by atoms with Gasteiger partial charge in [-0.05, 0) is 37.0 Å². The Kier molecular flexibility index (Phi) is 2.06. The third-order valence-corrected chi connectivity index (χ3v) is 3.62. The van der Waals surface area contributed by atoms with Crippen LogP contribution >= 0.6 is 0 Å². The number of hydrogen-bond donors (Lipinski definition) is 1. The van der Waals surface area contributed by atoms with Crippen LogP contribution in [0.4, 0.5) is 0 Å². The highest BCUT2D eigenvalue weighted by atomic mass is 16.3. The fourth-order valence-corrected chi connectivity index (χ4v) is 3.09. The molecule has 2 nitrogen and oxygen atoms in total. The van der Waals surface area contributed by atoms with Gasteiger partial charge in [-0.1, -0.05) is 6.42 Å². The van der Waals surface area contributed by atoms with Crippen molar-refractivity contribution in [1.29, 1.82) is 5.26 Å². The van der Waals surface area contributed by atoms with E-state index in [1.54, 1.807) is 0 Å². The number of hydrogen-bond acceptors (Lipinski definition) is 2. The minimum absolute atomic E-state index is 0.101. The van der Waals surface area contributed by atoms with Crippen molar-refractivity contribution >= 4 is 0 Å². The molecule has 66 valence electrons. The van der Waals surface area contributed by atoms with Crippen molar-refractivity contribution in [2.75, 3.05) is 0 Å². The topological polar surface area (TPSA) is 44.0 Å². The highest BCUT2D eigenvalue weighted by molar-refractivity contribution is 4.97. The van der Waals surface area contributed by atoms with Gasteiger partial charge in [0.15, 0.2) is 0 Å². The van der Waals surface area contributed by atoms with Crippen molar-refractivity contribution in [2.45, 2.75) is 38.2 Å². The van der Waals surface area contributed by atoms with Crippen LogP contribution in [0.2, 0.25) is 0 Å². The lowest BCUT2D eigenvalue weighted by Crippen LogP contribution is -2.13. The predicted octanol–water partition coefficient (Wildman–Crippen LogP) is 1.70. The molecule has 0 aromatic rings. The van der Waals surface area contributed by atoms with Crippen LogP contribution in [-0.4, -0.2) is 11.2 Å². The van der Waals surface area contributed by atoms with Crippen LogP contribution in [-0.2, 0) is 0 Å². The highest BCUT2D eigenvalue weighted by Crippen LogP contribution is 2.48. The summed E-state index contributed by atoms with van der Waals surface area (Å²) >= 11 is 0. The quantitative estimate of drug-likeness (QED) is 0.642. The zero-order valence-electron chi connectivity index (χ0n) is 7.24. The lowest BCUT2D eigenvalue weighted by Gasteiger charge is -2.14. The summed E-state index contributed by atoms with van der Waals surface area (Å²) in [6.45, 7) is 0. The van der Waals surface area contributed by atoms with E-state index in [1.165, 1.54) is 19.3 Å². The molecule has 2 aliphatic rings. The molecule has 12 heavy (non-hydrogen) atoms. The average Bonchev–Trinajstić information content (AvgIpc) is 2.58. The van der Waals surface area contributed by atoms with Crippen LogP contribution in [0.5, 0.6) is 0 Å². The van der Waals surface area contributed by atoms with E-state index in [4.69, 9.17) is 5.26 Å². The Morgan fingerprint density at radius 3 is 2.83 bits per heavy atom. The first-order valence-corrected chi connectivity index (χ1v) is 4.88. The highest BCUT2D eigenvalue weighted by Gasteiger charge is 2.44. The molecule has 0 aromatic heterocycles. The first-order chi connectivity index (χ1) is 5.83. The third kappa shape index (κ3) is 1.13. The van der Waals surface area contributed by atoms with Crippen LogP contribution in [0.15, 0.2) is 0 Å². The number of rotatable bonds is 1. The molecule has 0 aliphatic heterocycles. The molecule has 4 atom stereocenters. The molecule has 2 heteroatoms. The smallest absolute Gasteiger partial charge is 0.0624 e. The largest absolute Gasteiger partial charge is 0.393 e. The molecule has 2 rings (SSSR count). The Balaban J connectivity index is 2.05. The van der Waals surface area contributed by atoms with Crippen LogP contribution in [0.1, 0.15) is 32.1 Å². The molecule has 0 unspecified atom stereocenters. The van der Waals surface area contributed by atoms with E-state index in [9.17, 15) is 5.11 Å². The second-order valence-corrected chi connectivity index (χ2v) is 4.18. The molecule has 0 saturated heterocycles. The molecule has 0 heterocycles. The molecule has 0 spiro atoms. The number of aliphatic hydroxyl groups excluding tert-OH is 1. The Morgan fingerprint density at radius 1 is 1.33 bits per heavy atom. The van der Waals surface area contributed by atoms with Crippen molar-refractivity contribution < 1.29 is 5.11 Å². The zero-order chi connectivity index (χ0) is 8.55. The maximum absolute atomic E-state index is 9.69. The fraction of sp³-hybridized carbons (Fsp3) is 0.900. The standard InChI is InChI=1S/C10H15NO/c11-5-4-7-6-10(12)9-3-1-2-8(7)9/h7-10,12H,1-4,6H2/t7-,8+,9+,10+/m0/s1. The van der Waals surface area contributed by atoms with Gasteiger partial charge in [-0.3, -0.25) is 0 Å². The van der Waals surface area contributed by atoms with E-state index < -0.39 is 0 Å². The van der Waals surface area contributed by atoms with E-state index in [0.29, 0.717) is 24.2 Å². The van der Waals surface area contributed by atoms with Crippen molar-refractivity contribution in [2.24, 2.45) is 17.8 Å². The van der Waals surface area contributed by atoms with E-state index in [1.807, 2.05) is 0 Å². The summed E-state index contributed by atoms with van der Waals surface area (Å²) in [5, 5.41) is 18.3. The lowest BCUT2D eigenvalue weighted by atomic mass is 9.90. The summed E-state index contributed by atoms with van der Waals surface area (Å²) in [6, 6.07) is 2.23. The van der Waals surface area contributed by atoms with Crippen molar-refractivity contribution in [3.8, 4) is 6.07 Å². The Bertz CT molecular complexity index is 208. The molecule has 0 amide bonds. The number of aliphatic hydroxyl groups is 1. The monoisotopic (exact) mass is 165 g/mol. The summed E-state index contributed by atoms with van der Waals surface area (Å²) in [6.07, 6.45) is 5.12. The van der Waals surface area contributed by atoms with Gasteiger partial charge in [0.05, 0.1) is 12.2 Å². The average molecular weight is 165 g/mol. The van der Waals surface area contributed by atoms with Crippen LogP contribution in [0.25, 0.3) is 0 Å². The maximum Gasteiger partial charge on any atom is 0.0624 e. The summed E-state index contributed by atoms with van der Waals surface area (Å²) in [5.74, 6) is 1.69. The van der Waals surface area contributed by atoms with E-state index >= 15 is 0 Å².